The van der Waals surface area contributed by atoms with Crippen molar-refractivity contribution in [2.24, 2.45) is 11.7 Å². The zero-order valence-corrected chi connectivity index (χ0v) is 12.3. The van der Waals surface area contributed by atoms with Gasteiger partial charge in [0.1, 0.15) is 0 Å². The summed E-state index contributed by atoms with van der Waals surface area (Å²) in [5, 5.41) is 5.11. The molecule has 0 aromatic carbocycles. The second-order valence-corrected chi connectivity index (χ2v) is 6.08. The fourth-order valence-corrected chi connectivity index (χ4v) is 2.77. The van der Waals surface area contributed by atoms with Gasteiger partial charge in [0.05, 0.1) is 12.1 Å². The molecule has 102 valence electrons. The van der Waals surface area contributed by atoms with Crippen LogP contribution in [0.5, 0.6) is 0 Å². The molecule has 0 saturated heterocycles. The van der Waals surface area contributed by atoms with Crippen LogP contribution in [0.25, 0.3) is 0 Å². The number of thiophene rings is 1. The highest BCUT2D eigenvalue weighted by Crippen LogP contribution is 2.23. The molecule has 2 atom stereocenters. The first-order valence-electron chi connectivity index (χ1n) is 6.64. The topological polar surface area (TPSA) is 55.1 Å². The van der Waals surface area contributed by atoms with Crippen molar-refractivity contribution in [1.29, 1.82) is 0 Å². The van der Waals surface area contributed by atoms with E-state index >= 15 is 0 Å². The fraction of sp³-hybridized carbons (Fsp3) is 0.643. The van der Waals surface area contributed by atoms with Gasteiger partial charge < -0.3 is 11.1 Å². The molecule has 1 unspecified atom stereocenters. The van der Waals surface area contributed by atoms with Gasteiger partial charge in [-0.05, 0) is 30.2 Å². The van der Waals surface area contributed by atoms with Crippen molar-refractivity contribution in [3.63, 3.8) is 0 Å². The lowest BCUT2D eigenvalue weighted by molar-refractivity contribution is -0.123. The molecule has 1 heterocycles. The van der Waals surface area contributed by atoms with Gasteiger partial charge in [-0.15, -0.1) is 11.3 Å². The van der Waals surface area contributed by atoms with Crippen molar-refractivity contribution in [3.8, 4) is 0 Å². The molecule has 4 heteroatoms. The smallest absolute Gasteiger partial charge is 0.237 e. The van der Waals surface area contributed by atoms with E-state index in [0.717, 1.165) is 19.3 Å². The number of hydrogen-bond donors (Lipinski definition) is 2. The number of rotatable bonds is 7. The zero-order chi connectivity index (χ0) is 13.5. The van der Waals surface area contributed by atoms with E-state index in [2.05, 4.69) is 32.2 Å². The SMILES string of the molecule is CCCC(NC(=O)[C@@H](N)CC(C)C)c1cccs1. The summed E-state index contributed by atoms with van der Waals surface area (Å²) >= 11 is 1.68. The van der Waals surface area contributed by atoms with Gasteiger partial charge in [0, 0.05) is 4.88 Å². The number of hydrogen-bond acceptors (Lipinski definition) is 3. The number of carbonyl (C=O) groups is 1. The third-order valence-electron chi connectivity index (χ3n) is 2.84. The molecule has 0 aliphatic carbocycles. The fourth-order valence-electron chi connectivity index (χ4n) is 1.96. The van der Waals surface area contributed by atoms with Crippen LogP contribution >= 0.6 is 11.3 Å². The highest BCUT2D eigenvalue weighted by atomic mass is 32.1. The number of nitrogens with two attached hydrogens (primary N) is 1. The van der Waals surface area contributed by atoms with E-state index in [1.54, 1.807) is 11.3 Å². The average molecular weight is 268 g/mol. The predicted octanol–water partition coefficient (Wildman–Crippen LogP) is 3.08. The normalized spacial score (nSPS) is 14.5. The van der Waals surface area contributed by atoms with E-state index in [1.165, 1.54) is 4.88 Å². The minimum Gasteiger partial charge on any atom is -0.347 e. The highest BCUT2D eigenvalue weighted by molar-refractivity contribution is 7.10. The summed E-state index contributed by atoms with van der Waals surface area (Å²) in [6.45, 7) is 6.28. The third kappa shape index (κ3) is 4.78. The molecule has 0 aliphatic rings. The Morgan fingerprint density at radius 1 is 1.50 bits per heavy atom. The zero-order valence-electron chi connectivity index (χ0n) is 11.5. The average Bonchev–Trinajstić information content (AvgIpc) is 2.80. The Morgan fingerprint density at radius 3 is 2.72 bits per heavy atom. The molecular formula is C14H24N2OS. The van der Waals surface area contributed by atoms with Gasteiger partial charge in [-0.3, -0.25) is 4.79 Å². The van der Waals surface area contributed by atoms with Crippen LogP contribution in [0.15, 0.2) is 17.5 Å². The lowest BCUT2D eigenvalue weighted by atomic mass is 10.0. The second-order valence-electron chi connectivity index (χ2n) is 5.10. The maximum absolute atomic E-state index is 12.0. The van der Waals surface area contributed by atoms with E-state index in [4.69, 9.17) is 5.73 Å². The van der Waals surface area contributed by atoms with Crippen LogP contribution in [-0.2, 0) is 4.79 Å². The standard InChI is InChI=1S/C14H24N2OS/c1-4-6-12(13-7-5-8-18-13)16-14(17)11(15)9-10(2)3/h5,7-8,10-12H,4,6,9,15H2,1-3H3,(H,16,17)/t11-,12?/m0/s1. The molecule has 0 aliphatic heterocycles. The number of amides is 1. The largest absolute Gasteiger partial charge is 0.347 e. The van der Waals surface area contributed by atoms with Crippen LogP contribution < -0.4 is 11.1 Å². The van der Waals surface area contributed by atoms with Crippen molar-refractivity contribution < 1.29 is 4.79 Å². The van der Waals surface area contributed by atoms with Crippen LogP contribution in [0.4, 0.5) is 0 Å². The molecule has 18 heavy (non-hydrogen) atoms. The summed E-state index contributed by atoms with van der Waals surface area (Å²) in [6.07, 6.45) is 2.73. The minimum atomic E-state index is -0.399. The van der Waals surface area contributed by atoms with Crippen LogP contribution in [0, 0.1) is 5.92 Å². The Kier molecular flexibility index (Phi) is 6.36. The van der Waals surface area contributed by atoms with Crippen LogP contribution in [0.1, 0.15) is 51.0 Å². The minimum absolute atomic E-state index is 0.0319. The van der Waals surface area contributed by atoms with Crippen molar-refractivity contribution >= 4 is 17.2 Å². The van der Waals surface area contributed by atoms with Crippen molar-refractivity contribution in [2.45, 2.75) is 52.1 Å². The summed E-state index contributed by atoms with van der Waals surface area (Å²) in [5.41, 5.74) is 5.91. The summed E-state index contributed by atoms with van der Waals surface area (Å²) in [7, 11) is 0. The molecule has 0 radical (unpaired) electrons. The van der Waals surface area contributed by atoms with Gasteiger partial charge in [0.15, 0.2) is 0 Å². The molecule has 0 bridgehead atoms. The molecule has 3 nitrogen and oxygen atoms in total. The molecule has 1 amide bonds. The van der Waals surface area contributed by atoms with Crippen LogP contribution in [0.2, 0.25) is 0 Å². The molecule has 1 aromatic heterocycles. The second kappa shape index (κ2) is 7.54. The van der Waals surface area contributed by atoms with Crippen molar-refractivity contribution in [1.82, 2.24) is 5.32 Å². The van der Waals surface area contributed by atoms with Crippen LogP contribution in [0.3, 0.4) is 0 Å². The Morgan fingerprint density at radius 2 is 2.22 bits per heavy atom. The van der Waals surface area contributed by atoms with Gasteiger partial charge in [0.25, 0.3) is 0 Å². The molecule has 0 spiro atoms. The lowest BCUT2D eigenvalue weighted by Crippen LogP contribution is -2.42. The quantitative estimate of drug-likeness (QED) is 0.798. The Hall–Kier alpha value is -0.870. The van der Waals surface area contributed by atoms with Crippen molar-refractivity contribution in [3.05, 3.63) is 22.4 Å². The van der Waals surface area contributed by atoms with Gasteiger partial charge >= 0.3 is 0 Å². The first-order chi connectivity index (χ1) is 8.54. The monoisotopic (exact) mass is 268 g/mol. The Labute approximate surface area is 114 Å². The van der Waals surface area contributed by atoms with E-state index in [9.17, 15) is 4.79 Å². The van der Waals surface area contributed by atoms with Crippen LogP contribution in [-0.4, -0.2) is 11.9 Å². The van der Waals surface area contributed by atoms with Gasteiger partial charge in [-0.2, -0.15) is 0 Å². The molecule has 1 rings (SSSR count). The predicted molar refractivity (Wildman–Crippen MR) is 77.5 cm³/mol. The maximum atomic E-state index is 12.0. The summed E-state index contributed by atoms with van der Waals surface area (Å²) in [6, 6.07) is 3.80. The molecule has 0 saturated carbocycles. The summed E-state index contributed by atoms with van der Waals surface area (Å²) in [5.74, 6) is 0.410. The third-order valence-corrected chi connectivity index (χ3v) is 3.83. The molecule has 0 fully saturated rings. The number of nitrogens with one attached hydrogen (secondary N) is 1. The molecular weight excluding hydrogens is 244 g/mol. The Bertz CT molecular complexity index is 349. The lowest BCUT2D eigenvalue weighted by Gasteiger charge is -2.20. The summed E-state index contributed by atoms with van der Waals surface area (Å²) in [4.78, 5) is 13.2. The molecule has 1 aromatic rings. The first kappa shape index (κ1) is 15.2. The number of carbonyl (C=O) groups excluding carboxylic acids is 1. The molecule has 3 N–H and O–H groups in total. The van der Waals surface area contributed by atoms with Gasteiger partial charge in [-0.25, -0.2) is 0 Å². The Balaban J connectivity index is 2.58. The van der Waals surface area contributed by atoms with E-state index < -0.39 is 6.04 Å². The first-order valence-corrected chi connectivity index (χ1v) is 7.51. The maximum Gasteiger partial charge on any atom is 0.237 e. The van der Waals surface area contributed by atoms with Crippen molar-refractivity contribution in [2.75, 3.05) is 0 Å². The van der Waals surface area contributed by atoms with Gasteiger partial charge in [-0.1, -0.05) is 33.3 Å². The van der Waals surface area contributed by atoms with E-state index in [0.29, 0.717) is 5.92 Å². The van der Waals surface area contributed by atoms with Gasteiger partial charge in [0.2, 0.25) is 5.91 Å². The van der Waals surface area contributed by atoms with E-state index in [-0.39, 0.29) is 11.9 Å². The highest BCUT2D eigenvalue weighted by Gasteiger charge is 2.20. The summed E-state index contributed by atoms with van der Waals surface area (Å²) < 4.78 is 0. The van der Waals surface area contributed by atoms with E-state index in [1.807, 2.05) is 11.4 Å².